The molecular weight excluding hydrogens is 286 g/mol. The molecule has 0 amide bonds. The van der Waals surface area contributed by atoms with Crippen molar-refractivity contribution in [3.63, 3.8) is 0 Å². The lowest BCUT2D eigenvalue weighted by Gasteiger charge is -2.09. The van der Waals surface area contributed by atoms with Crippen molar-refractivity contribution in [1.29, 1.82) is 0 Å². The van der Waals surface area contributed by atoms with Crippen LogP contribution in [0.4, 0.5) is 0 Å². The monoisotopic (exact) mass is 303 g/mol. The second-order valence-corrected chi connectivity index (χ2v) is 5.14. The standard InChI is InChI=1S/C10H17N7S.ClH/c1-7(2)17-6-12-13-9(17)5-18-10-15-14-8(4-11)16(10)3;/h6-7H,4-5,11H2,1-3H3;1H. The van der Waals surface area contributed by atoms with Crippen molar-refractivity contribution in [1.82, 2.24) is 29.5 Å². The van der Waals surface area contributed by atoms with Gasteiger partial charge in [0.2, 0.25) is 0 Å². The molecule has 7 nitrogen and oxygen atoms in total. The zero-order valence-electron chi connectivity index (χ0n) is 11.1. The quantitative estimate of drug-likeness (QED) is 0.834. The largest absolute Gasteiger partial charge is 0.324 e. The molecule has 0 fully saturated rings. The molecule has 0 unspecified atom stereocenters. The molecule has 0 saturated heterocycles. The Balaban J connectivity index is 0.00000180. The third-order valence-corrected chi connectivity index (χ3v) is 3.66. The first kappa shape index (κ1) is 15.9. The van der Waals surface area contributed by atoms with Crippen LogP contribution < -0.4 is 5.73 Å². The summed E-state index contributed by atoms with van der Waals surface area (Å²) < 4.78 is 3.95. The molecule has 0 aromatic carbocycles. The lowest BCUT2D eigenvalue weighted by Crippen LogP contribution is -2.06. The fourth-order valence-corrected chi connectivity index (χ4v) is 2.44. The first-order valence-electron chi connectivity index (χ1n) is 5.73. The van der Waals surface area contributed by atoms with Crippen LogP contribution >= 0.6 is 24.2 Å². The maximum Gasteiger partial charge on any atom is 0.191 e. The average Bonchev–Trinajstić information content (AvgIpc) is 2.93. The summed E-state index contributed by atoms with van der Waals surface area (Å²) in [4.78, 5) is 0. The molecule has 2 N–H and O–H groups in total. The first-order chi connectivity index (χ1) is 8.63. The molecule has 0 aliphatic rings. The van der Waals surface area contributed by atoms with E-state index in [0.717, 1.165) is 16.8 Å². The van der Waals surface area contributed by atoms with E-state index < -0.39 is 0 Å². The third-order valence-electron chi connectivity index (χ3n) is 2.64. The Morgan fingerprint density at radius 1 is 1.26 bits per heavy atom. The van der Waals surface area contributed by atoms with Gasteiger partial charge in [0.15, 0.2) is 5.16 Å². The molecule has 0 radical (unpaired) electrons. The Kier molecular flexibility index (Phi) is 5.77. The van der Waals surface area contributed by atoms with Crippen LogP contribution in [0.25, 0.3) is 0 Å². The second kappa shape index (κ2) is 6.88. The summed E-state index contributed by atoms with van der Waals surface area (Å²) in [5.74, 6) is 2.43. The second-order valence-electron chi connectivity index (χ2n) is 4.20. The van der Waals surface area contributed by atoms with E-state index in [1.165, 1.54) is 0 Å². The van der Waals surface area contributed by atoms with Gasteiger partial charge in [0.25, 0.3) is 0 Å². The highest BCUT2D eigenvalue weighted by atomic mass is 35.5. The normalized spacial score (nSPS) is 10.8. The lowest BCUT2D eigenvalue weighted by atomic mass is 10.4. The van der Waals surface area contributed by atoms with Crippen molar-refractivity contribution in [3.05, 3.63) is 18.0 Å². The topological polar surface area (TPSA) is 87.4 Å². The summed E-state index contributed by atoms with van der Waals surface area (Å²) >= 11 is 1.58. The van der Waals surface area contributed by atoms with E-state index >= 15 is 0 Å². The molecule has 2 aromatic heterocycles. The van der Waals surface area contributed by atoms with Crippen molar-refractivity contribution in [2.24, 2.45) is 12.8 Å². The van der Waals surface area contributed by atoms with Crippen LogP contribution in [0, 0.1) is 0 Å². The van der Waals surface area contributed by atoms with Gasteiger partial charge in [-0.1, -0.05) is 11.8 Å². The Hall–Kier alpha value is -1.12. The summed E-state index contributed by atoms with van der Waals surface area (Å²) in [6, 6.07) is 0.356. The zero-order valence-corrected chi connectivity index (χ0v) is 12.8. The molecule has 2 heterocycles. The van der Waals surface area contributed by atoms with Gasteiger partial charge in [-0.2, -0.15) is 0 Å². The highest BCUT2D eigenvalue weighted by Gasteiger charge is 2.11. The summed E-state index contributed by atoms with van der Waals surface area (Å²) in [5.41, 5.74) is 5.56. The fourth-order valence-electron chi connectivity index (χ4n) is 1.58. The predicted octanol–water partition coefficient (Wildman–Crippen LogP) is 1.16. The summed E-state index contributed by atoms with van der Waals surface area (Å²) in [5, 5.41) is 17.0. The number of halogens is 1. The third kappa shape index (κ3) is 3.46. The minimum atomic E-state index is 0. The van der Waals surface area contributed by atoms with Crippen molar-refractivity contribution in [2.75, 3.05) is 0 Å². The molecular formula is C10H18ClN7S. The SMILES string of the molecule is CC(C)n1cnnc1CSc1nnc(CN)n1C.Cl. The van der Waals surface area contributed by atoms with Crippen LogP contribution in [0.3, 0.4) is 0 Å². The van der Waals surface area contributed by atoms with Crippen LogP contribution in [0.1, 0.15) is 31.5 Å². The van der Waals surface area contributed by atoms with E-state index in [-0.39, 0.29) is 12.4 Å². The van der Waals surface area contributed by atoms with Gasteiger partial charge in [-0.05, 0) is 13.8 Å². The molecule has 0 spiro atoms. The molecule has 0 atom stereocenters. The Bertz CT molecular complexity index is 522. The van der Waals surface area contributed by atoms with E-state index in [2.05, 4.69) is 34.2 Å². The van der Waals surface area contributed by atoms with Crippen LogP contribution in [0.15, 0.2) is 11.5 Å². The minimum Gasteiger partial charge on any atom is -0.324 e. The predicted molar refractivity (Wildman–Crippen MR) is 76.1 cm³/mol. The smallest absolute Gasteiger partial charge is 0.191 e. The number of aromatic nitrogens is 6. The van der Waals surface area contributed by atoms with E-state index in [9.17, 15) is 0 Å². The van der Waals surface area contributed by atoms with Gasteiger partial charge in [-0.15, -0.1) is 32.8 Å². The highest BCUT2D eigenvalue weighted by molar-refractivity contribution is 7.98. The maximum atomic E-state index is 5.56. The van der Waals surface area contributed by atoms with Crippen LogP contribution in [-0.4, -0.2) is 29.5 Å². The molecule has 0 saturated carbocycles. The van der Waals surface area contributed by atoms with Crippen LogP contribution in [0.2, 0.25) is 0 Å². The van der Waals surface area contributed by atoms with Gasteiger partial charge in [-0.25, -0.2) is 0 Å². The van der Waals surface area contributed by atoms with Gasteiger partial charge in [0.1, 0.15) is 18.0 Å². The van der Waals surface area contributed by atoms with Crippen molar-refractivity contribution in [2.45, 2.75) is 37.3 Å². The van der Waals surface area contributed by atoms with Gasteiger partial charge >= 0.3 is 0 Å². The van der Waals surface area contributed by atoms with Gasteiger partial charge in [-0.3, -0.25) is 0 Å². The molecule has 106 valence electrons. The molecule has 2 aromatic rings. The molecule has 19 heavy (non-hydrogen) atoms. The van der Waals surface area contributed by atoms with E-state index in [1.54, 1.807) is 18.1 Å². The number of hydrogen-bond acceptors (Lipinski definition) is 6. The number of rotatable bonds is 5. The van der Waals surface area contributed by atoms with Crippen LogP contribution in [-0.2, 0) is 19.3 Å². The van der Waals surface area contributed by atoms with Crippen molar-refractivity contribution >= 4 is 24.2 Å². The number of nitrogens with two attached hydrogens (primary N) is 1. The van der Waals surface area contributed by atoms with Crippen molar-refractivity contribution < 1.29 is 0 Å². The Labute approximate surface area is 122 Å². The van der Waals surface area contributed by atoms with E-state index in [4.69, 9.17) is 5.73 Å². The van der Waals surface area contributed by atoms with E-state index in [1.807, 2.05) is 16.2 Å². The summed E-state index contributed by atoms with van der Waals surface area (Å²) in [6.07, 6.45) is 1.75. The molecule has 0 aliphatic carbocycles. The molecule has 0 aliphatic heterocycles. The zero-order chi connectivity index (χ0) is 13.1. The number of nitrogens with zero attached hydrogens (tertiary/aromatic N) is 6. The van der Waals surface area contributed by atoms with Crippen molar-refractivity contribution in [3.8, 4) is 0 Å². The average molecular weight is 304 g/mol. The number of thioether (sulfide) groups is 1. The first-order valence-corrected chi connectivity index (χ1v) is 6.71. The Morgan fingerprint density at radius 3 is 2.58 bits per heavy atom. The molecule has 2 rings (SSSR count). The number of hydrogen-bond donors (Lipinski definition) is 1. The lowest BCUT2D eigenvalue weighted by molar-refractivity contribution is 0.579. The van der Waals surface area contributed by atoms with Crippen LogP contribution in [0.5, 0.6) is 0 Å². The summed E-state index contributed by atoms with van der Waals surface area (Å²) in [6.45, 7) is 4.60. The molecule has 9 heteroatoms. The Morgan fingerprint density at radius 2 is 2.00 bits per heavy atom. The highest BCUT2D eigenvalue weighted by Crippen LogP contribution is 2.21. The minimum absolute atomic E-state index is 0. The van der Waals surface area contributed by atoms with Gasteiger partial charge in [0.05, 0.1) is 12.3 Å². The van der Waals surface area contributed by atoms with Gasteiger partial charge in [0, 0.05) is 13.1 Å². The molecule has 0 bridgehead atoms. The van der Waals surface area contributed by atoms with E-state index in [0.29, 0.717) is 18.3 Å². The van der Waals surface area contributed by atoms with Gasteiger partial charge < -0.3 is 14.9 Å². The maximum absolute atomic E-state index is 5.56. The summed E-state index contributed by atoms with van der Waals surface area (Å²) in [7, 11) is 1.91. The fraction of sp³-hybridized carbons (Fsp3) is 0.600.